The van der Waals surface area contributed by atoms with E-state index in [1.165, 1.54) is 7.11 Å². The van der Waals surface area contributed by atoms with Crippen LogP contribution in [0.15, 0.2) is 36.4 Å². The van der Waals surface area contributed by atoms with Crippen molar-refractivity contribution in [3.63, 3.8) is 0 Å². The summed E-state index contributed by atoms with van der Waals surface area (Å²) in [6.07, 6.45) is 0.183. The fourth-order valence-corrected chi connectivity index (χ4v) is 3.12. The summed E-state index contributed by atoms with van der Waals surface area (Å²) in [6.45, 7) is 4.42. The van der Waals surface area contributed by atoms with Gasteiger partial charge in [0.1, 0.15) is 0 Å². The lowest BCUT2D eigenvalue weighted by Crippen LogP contribution is -2.19. The largest absolute Gasteiger partial charge is 0.504 e. The molecule has 5 heteroatoms. The summed E-state index contributed by atoms with van der Waals surface area (Å²) < 4.78 is 15.9. The molecule has 0 spiro atoms. The molecular formula is C20H24O5. The lowest BCUT2D eigenvalue weighted by atomic mass is 9.83. The third-order valence-electron chi connectivity index (χ3n) is 4.94. The van der Waals surface area contributed by atoms with Crippen LogP contribution in [0.25, 0.3) is 0 Å². The van der Waals surface area contributed by atoms with Crippen LogP contribution in [-0.2, 0) is 6.42 Å². The van der Waals surface area contributed by atoms with Crippen LogP contribution in [0.3, 0.4) is 0 Å². The Morgan fingerprint density at radius 2 is 1.84 bits per heavy atom. The summed E-state index contributed by atoms with van der Waals surface area (Å²) >= 11 is 0. The number of phenols is 1. The first-order valence-electron chi connectivity index (χ1n) is 8.43. The maximum Gasteiger partial charge on any atom is 0.231 e. The number of aliphatic hydroxyl groups is 1. The van der Waals surface area contributed by atoms with Crippen LogP contribution in [0.5, 0.6) is 23.0 Å². The molecule has 5 nitrogen and oxygen atoms in total. The molecule has 0 fully saturated rings. The Labute approximate surface area is 147 Å². The fraction of sp³-hybridized carbons (Fsp3) is 0.400. The zero-order valence-electron chi connectivity index (χ0n) is 14.7. The van der Waals surface area contributed by atoms with Crippen molar-refractivity contribution in [1.82, 2.24) is 0 Å². The van der Waals surface area contributed by atoms with Crippen LogP contribution in [-0.4, -0.2) is 24.1 Å². The van der Waals surface area contributed by atoms with Gasteiger partial charge in [0, 0.05) is 0 Å². The average Bonchev–Trinajstić information content (AvgIpc) is 3.08. The maximum atomic E-state index is 10.7. The third kappa shape index (κ3) is 3.66. The molecule has 0 amide bonds. The molecule has 3 atom stereocenters. The zero-order valence-corrected chi connectivity index (χ0v) is 14.7. The van der Waals surface area contributed by atoms with Crippen LogP contribution in [0.4, 0.5) is 0 Å². The number of fused-ring (bicyclic) bond motifs is 1. The molecule has 0 saturated carbocycles. The van der Waals surface area contributed by atoms with Crippen LogP contribution in [0, 0.1) is 11.8 Å². The Hall–Kier alpha value is -2.40. The average molecular weight is 344 g/mol. The van der Waals surface area contributed by atoms with E-state index in [4.69, 9.17) is 14.2 Å². The standard InChI is InChI=1S/C20H24O5/c1-12(8-14-4-7-17-19(9-14)25-11-24-17)13(2)20(22)15-5-6-16(21)18(10-15)23-3/h4-7,9-10,12-13,20-22H,8,11H2,1-3H3/t12-,13+,20-/m0/s1. The molecule has 3 rings (SSSR count). The Morgan fingerprint density at radius 1 is 1.08 bits per heavy atom. The molecule has 2 N–H and O–H groups in total. The topological polar surface area (TPSA) is 68.2 Å². The second-order valence-corrected chi connectivity index (χ2v) is 6.60. The molecule has 134 valence electrons. The van der Waals surface area contributed by atoms with Gasteiger partial charge in [0.15, 0.2) is 23.0 Å². The van der Waals surface area contributed by atoms with E-state index in [-0.39, 0.29) is 24.4 Å². The summed E-state index contributed by atoms with van der Waals surface area (Å²) in [4.78, 5) is 0. The first-order valence-corrected chi connectivity index (χ1v) is 8.43. The van der Waals surface area contributed by atoms with Gasteiger partial charge in [-0.15, -0.1) is 0 Å². The van der Waals surface area contributed by atoms with Gasteiger partial charge in [0.25, 0.3) is 0 Å². The highest BCUT2D eigenvalue weighted by molar-refractivity contribution is 5.45. The molecule has 0 radical (unpaired) electrons. The van der Waals surface area contributed by atoms with Crippen molar-refractivity contribution in [3.8, 4) is 23.0 Å². The number of ether oxygens (including phenoxy) is 3. The van der Waals surface area contributed by atoms with Gasteiger partial charge in [0.2, 0.25) is 6.79 Å². The highest BCUT2D eigenvalue weighted by Crippen LogP contribution is 2.36. The third-order valence-corrected chi connectivity index (χ3v) is 4.94. The summed E-state index contributed by atoms with van der Waals surface area (Å²) in [7, 11) is 1.50. The molecule has 0 aliphatic carbocycles. The summed E-state index contributed by atoms with van der Waals surface area (Å²) in [6, 6.07) is 10.9. The molecule has 0 aromatic heterocycles. The normalized spacial score (nSPS) is 16.3. The van der Waals surface area contributed by atoms with Gasteiger partial charge >= 0.3 is 0 Å². The first kappa shape index (κ1) is 17.4. The zero-order chi connectivity index (χ0) is 18.0. The number of methoxy groups -OCH3 is 1. The van der Waals surface area contributed by atoms with Gasteiger partial charge in [-0.25, -0.2) is 0 Å². The number of aliphatic hydroxyl groups excluding tert-OH is 1. The van der Waals surface area contributed by atoms with Gasteiger partial charge < -0.3 is 24.4 Å². The number of benzene rings is 2. The maximum absolute atomic E-state index is 10.7. The molecule has 1 aliphatic rings. The highest BCUT2D eigenvalue weighted by Gasteiger charge is 2.24. The Balaban J connectivity index is 1.70. The van der Waals surface area contributed by atoms with E-state index >= 15 is 0 Å². The molecule has 0 bridgehead atoms. The van der Waals surface area contributed by atoms with E-state index in [2.05, 4.69) is 6.92 Å². The van der Waals surface area contributed by atoms with Gasteiger partial charge in [-0.2, -0.15) is 0 Å². The molecular weight excluding hydrogens is 320 g/mol. The van der Waals surface area contributed by atoms with E-state index in [1.54, 1.807) is 18.2 Å². The fourth-order valence-electron chi connectivity index (χ4n) is 3.12. The Kier molecular flexibility index (Phi) is 5.04. The Morgan fingerprint density at radius 3 is 2.60 bits per heavy atom. The van der Waals surface area contributed by atoms with Crippen molar-refractivity contribution < 1.29 is 24.4 Å². The van der Waals surface area contributed by atoms with Crippen molar-refractivity contribution in [1.29, 1.82) is 0 Å². The van der Waals surface area contributed by atoms with Crippen molar-refractivity contribution >= 4 is 0 Å². The summed E-state index contributed by atoms with van der Waals surface area (Å²) in [5, 5.41) is 20.4. The number of phenolic OH excluding ortho intramolecular Hbond substituents is 1. The van der Waals surface area contributed by atoms with Crippen LogP contribution in [0.1, 0.15) is 31.1 Å². The van der Waals surface area contributed by atoms with E-state index in [0.717, 1.165) is 29.0 Å². The summed E-state index contributed by atoms with van der Waals surface area (Å²) in [5.74, 6) is 2.27. The smallest absolute Gasteiger partial charge is 0.231 e. The Bertz CT molecular complexity index is 743. The number of aromatic hydroxyl groups is 1. The van der Waals surface area contributed by atoms with Crippen LogP contribution in [0.2, 0.25) is 0 Å². The monoisotopic (exact) mass is 344 g/mol. The van der Waals surface area contributed by atoms with E-state index in [9.17, 15) is 10.2 Å². The van der Waals surface area contributed by atoms with Gasteiger partial charge in [0.05, 0.1) is 13.2 Å². The predicted molar refractivity (Wildman–Crippen MR) is 94.2 cm³/mol. The number of hydrogen-bond donors (Lipinski definition) is 2. The van der Waals surface area contributed by atoms with Crippen molar-refractivity contribution in [2.45, 2.75) is 26.4 Å². The molecule has 25 heavy (non-hydrogen) atoms. The van der Waals surface area contributed by atoms with Crippen molar-refractivity contribution in [3.05, 3.63) is 47.5 Å². The highest BCUT2D eigenvalue weighted by atomic mass is 16.7. The minimum absolute atomic E-state index is 0.0275. The molecule has 0 saturated heterocycles. The lowest BCUT2D eigenvalue weighted by Gasteiger charge is -2.26. The SMILES string of the molecule is COc1cc([C@@H](O)[C@H](C)[C@@H](C)Cc2ccc3c(c2)OCO3)ccc1O. The predicted octanol–water partition coefficient (Wildman–Crippen LogP) is 3.68. The lowest BCUT2D eigenvalue weighted by molar-refractivity contribution is 0.0869. The molecule has 2 aromatic rings. The van der Waals surface area contributed by atoms with Gasteiger partial charge in [-0.05, 0) is 53.6 Å². The van der Waals surface area contributed by atoms with Crippen molar-refractivity contribution in [2.75, 3.05) is 13.9 Å². The quantitative estimate of drug-likeness (QED) is 0.837. The molecule has 1 aliphatic heterocycles. The van der Waals surface area contributed by atoms with Gasteiger partial charge in [-0.3, -0.25) is 0 Å². The van der Waals surface area contributed by atoms with E-state index in [1.807, 2.05) is 25.1 Å². The van der Waals surface area contributed by atoms with E-state index < -0.39 is 6.10 Å². The number of rotatable bonds is 6. The van der Waals surface area contributed by atoms with Crippen molar-refractivity contribution in [2.24, 2.45) is 11.8 Å². The van der Waals surface area contributed by atoms with Crippen LogP contribution >= 0.6 is 0 Å². The van der Waals surface area contributed by atoms with Gasteiger partial charge in [-0.1, -0.05) is 26.0 Å². The first-order chi connectivity index (χ1) is 12.0. The molecule has 2 aromatic carbocycles. The molecule has 0 unspecified atom stereocenters. The minimum atomic E-state index is -0.640. The minimum Gasteiger partial charge on any atom is -0.504 e. The van der Waals surface area contributed by atoms with Crippen LogP contribution < -0.4 is 14.2 Å². The number of hydrogen-bond acceptors (Lipinski definition) is 5. The second kappa shape index (κ2) is 7.23. The molecule has 1 heterocycles. The summed E-state index contributed by atoms with van der Waals surface area (Å²) in [5.41, 5.74) is 1.89. The van der Waals surface area contributed by atoms with E-state index in [0.29, 0.717) is 5.75 Å². The second-order valence-electron chi connectivity index (χ2n) is 6.60.